The zero-order valence-corrected chi connectivity index (χ0v) is 20.5. The zero-order chi connectivity index (χ0) is 24.6. The second kappa shape index (κ2) is 8.98. The predicted octanol–water partition coefficient (Wildman–Crippen LogP) is 5.21. The van der Waals surface area contributed by atoms with Gasteiger partial charge in [0.15, 0.2) is 0 Å². The maximum atomic E-state index is 5.89. The molecule has 0 atom stereocenters. The third kappa shape index (κ3) is 4.12. The lowest BCUT2D eigenvalue weighted by molar-refractivity contribution is 0.261. The Labute approximate surface area is 208 Å². The van der Waals surface area contributed by atoms with Crippen molar-refractivity contribution in [2.24, 2.45) is 0 Å². The molecular formula is C28H27N7O. The SMILES string of the molecule is Cc1cn(-c2cccc3[nH]c(-c4n[nH]c5ccc(-c6cncc(OCCN(C)C)c6)cc45)cc23)cn1. The molecule has 0 unspecified atom stereocenters. The fourth-order valence-corrected chi connectivity index (χ4v) is 4.45. The molecule has 0 aliphatic rings. The Hall–Kier alpha value is -4.43. The van der Waals surface area contributed by atoms with Crippen molar-refractivity contribution < 1.29 is 4.74 Å². The molecule has 6 rings (SSSR count). The van der Waals surface area contributed by atoms with E-state index in [0.29, 0.717) is 6.61 Å². The topological polar surface area (TPSA) is 87.6 Å². The van der Waals surface area contributed by atoms with Gasteiger partial charge in [0.05, 0.1) is 35.1 Å². The highest BCUT2D eigenvalue weighted by Crippen LogP contribution is 2.34. The van der Waals surface area contributed by atoms with E-state index in [4.69, 9.17) is 4.74 Å². The number of fused-ring (bicyclic) bond motifs is 2. The summed E-state index contributed by atoms with van der Waals surface area (Å²) in [5.41, 5.74) is 7.97. The van der Waals surface area contributed by atoms with Crippen LogP contribution in [0.3, 0.4) is 0 Å². The number of rotatable bonds is 7. The first-order valence-corrected chi connectivity index (χ1v) is 11.9. The maximum absolute atomic E-state index is 5.89. The smallest absolute Gasteiger partial charge is 0.138 e. The Morgan fingerprint density at radius 1 is 0.972 bits per heavy atom. The maximum Gasteiger partial charge on any atom is 0.138 e. The van der Waals surface area contributed by atoms with Crippen LogP contribution in [0.5, 0.6) is 5.75 Å². The Kier molecular flexibility index (Phi) is 5.50. The lowest BCUT2D eigenvalue weighted by Gasteiger charge is -2.11. The molecule has 0 saturated carbocycles. The van der Waals surface area contributed by atoms with Crippen LogP contribution >= 0.6 is 0 Å². The third-order valence-electron chi connectivity index (χ3n) is 6.30. The van der Waals surface area contributed by atoms with Gasteiger partial charge in [0.2, 0.25) is 0 Å². The van der Waals surface area contributed by atoms with Gasteiger partial charge in [0, 0.05) is 40.8 Å². The van der Waals surface area contributed by atoms with Crippen LogP contribution in [0.15, 0.2) is 73.4 Å². The van der Waals surface area contributed by atoms with Gasteiger partial charge in [-0.05, 0) is 63.0 Å². The van der Waals surface area contributed by atoms with E-state index < -0.39 is 0 Å². The number of likely N-dealkylation sites (N-methyl/N-ethyl adjacent to an activating group) is 1. The molecule has 0 bridgehead atoms. The number of hydrogen-bond donors (Lipinski definition) is 2. The van der Waals surface area contributed by atoms with E-state index in [1.807, 2.05) is 45.8 Å². The van der Waals surface area contributed by atoms with Crippen LogP contribution in [-0.2, 0) is 0 Å². The molecule has 6 aromatic rings. The van der Waals surface area contributed by atoms with Gasteiger partial charge < -0.3 is 19.2 Å². The van der Waals surface area contributed by atoms with Crippen molar-refractivity contribution in [3.63, 3.8) is 0 Å². The highest BCUT2D eigenvalue weighted by molar-refractivity contribution is 5.99. The highest BCUT2D eigenvalue weighted by Gasteiger charge is 2.15. The quantitative estimate of drug-likeness (QED) is 0.330. The molecule has 0 aliphatic heterocycles. The van der Waals surface area contributed by atoms with Crippen molar-refractivity contribution >= 4 is 21.8 Å². The number of hydrogen-bond acceptors (Lipinski definition) is 5. The van der Waals surface area contributed by atoms with Gasteiger partial charge in [-0.3, -0.25) is 10.1 Å². The lowest BCUT2D eigenvalue weighted by Crippen LogP contribution is -2.19. The monoisotopic (exact) mass is 477 g/mol. The van der Waals surface area contributed by atoms with Crippen LogP contribution in [0, 0.1) is 6.92 Å². The number of nitrogens with zero attached hydrogens (tertiary/aromatic N) is 5. The van der Waals surface area contributed by atoms with E-state index in [-0.39, 0.29) is 0 Å². The van der Waals surface area contributed by atoms with E-state index in [0.717, 1.165) is 68.0 Å². The van der Waals surface area contributed by atoms with Crippen molar-refractivity contribution in [2.45, 2.75) is 6.92 Å². The van der Waals surface area contributed by atoms with Gasteiger partial charge >= 0.3 is 0 Å². The first-order chi connectivity index (χ1) is 17.5. The second-order valence-electron chi connectivity index (χ2n) is 9.24. The normalized spacial score (nSPS) is 11.7. The highest BCUT2D eigenvalue weighted by atomic mass is 16.5. The molecule has 4 heterocycles. The summed E-state index contributed by atoms with van der Waals surface area (Å²) in [4.78, 5) is 14.4. The molecule has 0 amide bonds. The number of benzene rings is 2. The predicted molar refractivity (Wildman–Crippen MR) is 143 cm³/mol. The minimum absolute atomic E-state index is 0.615. The Bertz CT molecular complexity index is 1670. The van der Waals surface area contributed by atoms with Gasteiger partial charge in [-0.15, -0.1) is 0 Å². The molecule has 0 spiro atoms. The number of aryl methyl sites for hydroxylation is 1. The zero-order valence-electron chi connectivity index (χ0n) is 20.5. The number of ether oxygens (including phenoxy) is 1. The lowest BCUT2D eigenvalue weighted by atomic mass is 10.0. The molecule has 0 aliphatic carbocycles. The molecule has 0 saturated heterocycles. The summed E-state index contributed by atoms with van der Waals surface area (Å²) in [6, 6.07) is 16.7. The molecule has 0 fully saturated rings. The number of nitrogens with one attached hydrogen (secondary N) is 2. The number of aromatic amines is 2. The van der Waals surface area contributed by atoms with Crippen LogP contribution in [0.4, 0.5) is 0 Å². The fourth-order valence-electron chi connectivity index (χ4n) is 4.45. The second-order valence-corrected chi connectivity index (χ2v) is 9.24. The minimum Gasteiger partial charge on any atom is -0.491 e. The van der Waals surface area contributed by atoms with Crippen LogP contribution in [0.25, 0.3) is 50.0 Å². The largest absolute Gasteiger partial charge is 0.491 e. The van der Waals surface area contributed by atoms with Gasteiger partial charge in [-0.1, -0.05) is 12.1 Å². The standard InChI is InChI=1S/C28H27N7O/c1-18-16-35(17-30-18)27-6-4-5-24-22(27)13-26(31-24)28-23-12-19(7-8-25(23)32-33-28)20-11-21(15-29-14-20)36-10-9-34(2)3/h4-8,11-17,31H,9-10H2,1-3H3,(H,32,33). The summed E-state index contributed by atoms with van der Waals surface area (Å²) in [5, 5.41) is 9.99. The number of pyridine rings is 1. The minimum atomic E-state index is 0.615. The van der Waals surface area contributed by atoms with Gasteiger partial charge in [0.25, 0.3) is 0 Å². The molecule has 0 radical (unpaired) electrons. The molecular weight excluding hydrogens is 450 g/mol. The van der Waals surface area contributed by atoms with E-state index in [1.165, 1.54) is 0 Å². The average molecular weight is 478 g/mol. The van der Waals surface area contributed by atoms with Gasteiger partial charge in [-0.25, -0.2) is 4.98 Å². The van der Waals surface area contributed by atoms with Gasteiger partial charge in [-0.2, -0.15) is 5.10 Å². The summed E-state index contributed by atoms with van der Waals surface area (Å²) in [5.74, 6) is 0.764. The number of H-pyrrole nitrogens is 2. The molecule has 4 aromatic heterocycles. The van der Waals surface area contributed by atoms with E-state index in [2.05, 4.69) is 77.1 Å². The molecule has 180 valence electrons. The van der Waals surface area contributed by atoms with E-state index in [9.17, 15) is 0 Å². The average Bonchev–Trinajstić information content (AvgIpc) is 3.61. The van der Waals surface area contributed by atoms with Crippen LogP contribution < -0.4 is 4.74 Å². The summed E-state index contributed by atoms with van der Waals surface area (Å²) >= 11 is 0. The summed E-state index contributed by atoms with van der Waals surface area (Å²) in [6.07, 6.45) is 7.50. The third-order valence-corrected chi connectivity index (χ3v) is 6.30. The summed E-state index contributed by atoms with van der Waals surface area (Å²) in [7, 11) is 4.06. The molecule has 2 N–H and O–H groups in total. The number of aromatic nitrogens is 6. The molecule has 8 heteroatoms. The summed E-state index contributed by atoms with van der Waals surface area (Å²) < 4.78 is 7.95. The number of imidazole rings is 1. The Morgan fingerprint density at radius 2 is 1.89 bits per heavy atom. The van der Waals surface area contributed by atoms with Crippen LogP contribution in [0.1, 0.15) is 5.69 Å². The van der Waals surface area contributed by atoms with Crippen molar-refractivity contribution in [1.29, 1.82) is 0 Å². The Balaban J connectivity index is 1.37. The fraction of sp³-hybridized carbons (Fsp3) is 0.179. The first kappa shape index (κ1) is 22.1. The van der Waals surface area contributed by atoms with Crippen molar-refractivity contribution in [2.75, 3.05) is 27.2 Å². The van der Waals surface area contributed by atoms with Crippen LogP contribution in [0.2, 0.25) is 0 Å². The summed E-state index contributed by atoms with van der Waals surface area (Å²) in [6.45, 7) is 3.46. The van der Waals surface area contributed by atoms with E-state index in [1.54, 1.807) is 6.20 Å². The molecule has 2 aromatic carbocycles. The van der Waals surface area contributed by atoms with Crippen molar-refractivity contribution in [1.82, 2.24) is 34.6 Å². The van der Waals surface area contributed by atoms with Crippen LogP contribution in [-0.4, -0.2) is 61.9 Å². The van der Waals surface area contributed by atoms with Crippen molar-refractivity contribution in [3.05, 3.63) is 79.1 Å². The Morgan fingerprint density at radius 3 is 2.72 bits per heavy atom. The molecule has 36 heavy (non-hydrogen) atoms. The van der Waals surface area contributed by atoms with Crippen molar-refractivity contribution in [3.8, 4) is 34.0 Å². The first-order valence-electron chi connectivity index (χ1n) is 11.9. The van der Waals surface area contributed by atoms with Gasteiger partial charge in [0.1, 0.15) is 18.1 Å². The van der Waals surface area contributed by atoms with E-state index >= 15 is 0 Å². The molecule has 8 nitrogen and oxygen atoms in total.